The number of hydrogen-bond donors (Lipinski definition) is 0. The Hall–Kier alpha value is -2.63. The first-order valence-corrected chi connectivity index (χ1v) is 10.0. The minimum atomic E-state index is -4.96. The first-order valence-electron chi connectivity index (χ1n) is 9.05. The lowest BCUT2D eigenvalue weighted by molar-refractivity contribution is -0.143. The average molecular weight is 462 g/mol. The topological polar surface area (TPSA) is 64.7 Å². The molecule has 5 nitrogen and oxygen atoms in total. The lowest BCUT2D eigenvalue weighted by atomic mass is 10.0. The summed E-state index contributed by atoms with van der Waals surface area (Å²) in [7, 11) is 0. The molecule has 0 spiro atoms. The SMILES string of the molecule is CCCc1cc(C)nc(SCc2noc(-c3cc(C(F)(F)F)cc(C(F)(F)F)c3)n2)n1. The summed E-state index contributed by atoms with van der Waals surface area (Å²) < 4.78 is 83.1. The van der Waals surface area contributed by atoms with Gasteiger partial charge in [0.2, 0.25) is 0 Å². The van der Waals surface area contributed by atoms with E-state index >= 15 is 0 Å². The Morgan fingerprint density at radius 3 is 2.13 bits per heavy atom. The smallest absolute Gasteiger partial charge is 0.334 e. The molecule has 0 aliphatic heterocycles. The zero-order chi connectivity index (χ0) is 22.8. The van der Waals surface area contributed by atoms with E-state index in [0.717, 1.165) is 24.2 Å². The minimum absolute atomic E-state index is 0.0413. The number of benzene rings is 1. The third-order valence-electron chi connectivity index (χ3n) is 4.03. The van der Waals surface area contributed by atoms with Crippen LogP contribution >= 0.6 is 11.8 Å². The van der Waals surface area contributed by atoms with E-state index in [1.54, 1.807) is 0 Å². The van der Waals surface area contributed by atoms with Crippen LogP contribution in [0.2, 0.25) is 0 Å². The van der Waals surface area contributed by atoms with Crippen molar-refractivity contribution in [3.8, 4) is 11.5 Å². The van der Waals surface area contributed by atoms with E-state index in [0.29, 0.717) is 17.3 Å². The summed E-state index contributed by atoms with van der Waals surface area (Å²) in [6.07, 6.45) is -8.24. The number of nitrogens with zero attached hydrogens (tertiary/aromatic N) is 4. The average Bonchev–Trinajstić information content (AvgIpc) is 3.14. The molecule has 3 rings (SSSR count). The maximum atomic E-state index is 13.0. The molecule has 31 heavy (non-hydrogen) atoms. The third-order valence-corrected chi connectivity index (χ3v) is 4.87. The molecule has 166 valence electrons. The normalized spacial score (nSPS) is 12.4. The standard InChI is InChI=1S/C19H16F6N4OS/c1-3-4-14-5-10(2)26-17(27-14)31-9-15-28-16(30-29-15)11-6-12(18(20,21)22)8-13(7-11)19(23,24)25/h5-8H,3-4,9H2,1-2H3. The number of hydrogen-bond acceptors (Lipinski definition) is 6. The van der Waals surface area contributed by atoms with Crippen molar-refractivity contribution in [2.75, 3.05) is 0 Å². The van der Waals surface area contributed by atoms with Gasteiger partial charge in [-0.05, 0) is 37.6 Å². The quantitative estimate of drug-likeness (QED) is 0.250. The molecule has 2 heterocycles. The fourth-order valence-electron chi connectivity index (χ4n) is 2.69. The highest BCUT2D eigenvalue weighted by molar-refractivity contribution is 7.98. The van der Waals surface area contributed by atoms with Gasteiger partial charge in [-0.1, -0.05) is 30.3 Å². The molecule has 0 amide bonds. The molecule has 0 aliphatic rings. The molecule has 0 saturated heterocycles. The Labute approximate surface area is 177 Å². The number of rotatable bonds is 6. The van der Waals surface area contributed by atoms with Gasteiger partial charge in [-0.3, -0.25) is 0 Å². The van der Waals surface area contributed by atoms with E-state index in [2.05, 4.69) is 20.1 Å². The zero-order valence-electron chi connectivity index (χ0n) is 16.3. The van der Waals surface area contributed by atoms with Crippen molar-refractivity contribution in [3.63, 3.8) is 0 Å². The van der Waals surface area contributed by atoms with Crippen molar-refractivity contribution in [3.05, 3.63) is 52.6 Å². The van der Waals surface area contributed by atoms with Crippen LogP contribution in [0, 0.1) is 6.92 Å². The monoisotopic (exact) mass is 462 g/mol. The van der Waals surface area contributed by atoms with Gasteiger partial charge >= 0.3 is 12.4 Å². The van der Waals surface area contributed by atoms with Gasteiger partial charge in [0.25, 0.3) is 5.89 Å². The summed E-state index contributed by atoms with van der Waals surface area (Å²) in [6.45, 7) is 3.84. The predicted octanol–water partition coefficient (Wildman–Crippen LogP) is 6.12. The van der Waals surface area contributed by atoms with Crippen LogP contribution in [0.1, 0.15) is 41.7 Å². The molecule has 0 unspecified atom stereocenters. The Kier molecular flexibility index (Phi) is 6.58. The Balaban J connectivity index is 1.84. The van der Waals surface area contributed by atoms with Crippen LogP contribution in [0.5, 0.6) is 0 Å². The second-order valence-corrected chi connectivity index (χ2v) is 7.57. The van der Waals surface area contributed by atoms with E-state index in [9.17, 15) is 26.3 Å². The first kappa shape index (κ1) is 23.0. The Bertz CT molecular complexity index is 1030. The molecule has 0 radical (unpaired) electrons. The van der Waals surface area contributed by atoms with Gasteiger partial charge in [0, 0.05) is 17.0 Å². The van der Waals surface area contributed by atoms with Crippen molar-refractivity contribution >= 4 is 11.8 Å². The van der Waals surface area contributed by atoms with Gasteiger partial charge < -0.3 is 4.52 Å². The molecule has 12 heteroatoms. The lowest BCUT2D eigenvalue weighted by Crippen LogP contribution is -2.11. The van der Waals surface area contributed by atoms with Gasteiger partial charge in [-0.25, -0.2) is 9.97 Å². The molecule has 0 saturated carbocycles. The molecule has 0 N–H and O–H groups in total. The van der Waals surface area contributed by atoms with Crippen molar-refractivity contribution in [1.29, 1.82) is 0 Å². The van der Waals surface area contributed by atoms with Gasteiger partial charge in [0.05, 0.1) is 16.9 Å². The number of aromatic nitrogens is 4. The summed E-state index contributed by atoms with van der Waals surface area (Å²) >= 11 is 1.18. The van der Waals surface area contributed by atoms with E-state index < -0.39 is 34.9 Å². The van der Waals surface area contributed by atoms with Crippen LogP contribution in [-0.2, 0) is 24.5 Å². The maximum Gasteiger partial charge on any atom is 0.416 e. The molecule has 3 aromatic rings. The van der Waals surface area contributed by atoms with Crippen molar-refractivity contribution < 1.29 is 30.9 Å². The highest BCUT2D eigenvalue weighted by Gasteiger charge is 2.37. The van der Waals surface area contributed by atoms with Crippen molar-refractivity contribution in [2.45, 2.75) is 50.0 Å². The highest BCUT2D eigenvalue weighted by Crippen LogP contribution is 2.38. The second-order valence-electron chi connectivity index (χ2n) is 6.63. The van der Waals surface area contributed by atoms with Crippen LogP contribution in [-0.4, -0.2) is 20.1 Å². The number of thioether (sulfide) groups is 1. The third kappa shape index (κ3) is 5.96. The fraction of sp³-hybridized carbons (Fsp3) is 0.368. The molecule has 0 fully saturated rings. The summed E-state index contributed by atoms with van der Waals surface area (Å²) in [4.78, 5) is 12.6. The number of aryl methyl sites for hydroxylation is 2. The zero-order valence-corrected chi connectivity index (χ0v) is 17.1. The number of halogens is 6. The van der Waals surface area contributed by atoms with E-state index in [-0.39, 0.29) is 17.6 Å². The first-order chi connectivity index (χ1) is 14.5. The van der Waals surface area contributed by atoms with Crippen molar-refractivity contribution in [2.24, 2.45) is 0 Å². The molecule has 0 aliphatic carbocycles. The fourth-order valence-corrected chi connectivity index (χ4v) is 3.46. The van der Waals surface area contributed by atoms with E-state index in [1.165, 1.54) is 11.8 Å². The van der Waals surface area contributed by atoms with Crippen LogP contribution in [0.15, 0.2) is 33.9 Å². The Morgan fingerprint density at radius 1 is 0.903 bits per heavy atom. The Morgan fingerprint density at radius 2 is 1.55 bits per heavy atom. The molecule has 0 atom stereocenters. The second kappa shape index (κ2) is 8.85. The predicted molar refractivity (Wildman–Crippen MR) is 100 cm³/mol. The van der Waals surface area contributed by atoms with Gasteiger partial charge in [0.1, 0.15) is 0 Å². The van der Waals surface area contributed by atoms with E-state index in [1.807, 2.05) is 19.9 Å². The summed E-state index contributed by atoms with van der Waals surface area (Å²) in [5, 5.41) is 4.11. The molecule has 0 bridgehead atoms. The number of alkyl halides is 6. The molecule has 2 aromatic heterocycles. The molecule has 1 aromatic carbocycles. The van der Waals surface area contributed by atoms with Crippen LogP contribution in [0.25, 0.3) is 11.5 Å². The summed E-state index contributed by atoms with van der Waals surface area (Å²) in [5.74, 6) is -0.221. The summed E-state index contributed by atoms with van der Waals surface area (Å²) in [6, 6.07) is 2.99. The van der Waals surface area contributed by atoms with Crippen LogP contribution in [0.4, 0.5) is 26.3 Å². The van der Waals surface area contributed by atoms with Gasteiger partial charge in [0.15, 0.2) is 11.0 Å². The molecular formula is C19H16F6N4OS. The van der Waals surface area contributed by atoms with Gasteiger partial charge in [-0.2, -0.15) is 31.3 Å². The molecular weight excluding hydrogens is 446 g/mol. The maximum absolute atomic E-state index is 13.0. The minimum Gasteiger partial charge on any atom is -0.334 e. The highest BCUT2D eigenvalue weighted by atomic mass is 32.2. The van der Waals surface area contributed by atoms with Crippen LogP contribution in [0.3, 0.4) is 0 Å². The summed E-state index contributed by atoms with van der Waals surface area (Å²) in [5.41, 5.74) is -1.73. The lowest BCUT2D eigenvalue weighted by Gasteiger charge is -2.12. The van der Waals surface area contributed by atoms with Crippen LogP contribution < -0.4 is 0 Å². The van der Waals surface area contributed by atoms with Gasteiger partial charge in [-0.15, -0.1) is 0 Å². The van der Waals surface area contributed by atoms with Crippen molar-refractivity contribution in [1.82, 2.24) is 20.1 Å². The van der Waals surface area contributed by atoms with E-state index in [4.69, 9.17) is 4.52 Å². The largest absolute Gasteiger partial charge is 0.416 e.